The Morgan fingerprint density at radius 1 is 1.32 bits per heavy atom. The summed E-state index contributed by atoms with van der Waals surface area (Å²) in [5.41, 5.74) is -0.238. The van der Waals surface area contributed by atoms with E-state index in [4.69, 9.17) is 9.84 Å². The van der Waals surface area contributed by atoms with Crippen LogP contribution in [0.15, 0.2) is 34.9 Å². The smallest absolute Gasteiger partial charge is 0.341 e. The van der Waals surface area contributed by atoms with E-state index in [0.717, 1.165) is 12.1 Å². The molecule has 98 valence electrons. The summed E-state index contributed by atoms with van der Waals surface area (Å²) in [6.07, 6.45) is 1.31. The highest BCUT2D eigenvalue weighted by Crippen LogP contribution is 2.27. The molecule has 0 aliphatic rings. The molecule has 7 heteroatoms. The van der Waals surface area contributed by atoms with Crippen LogP contribution in [0.3, 0.4) is 0 Å². The van der Waals surface area contributed by atoms with Gasteiger partial charge in [0.05, 0.1) is 0 Å². The third kappa shape index (κ3) is 3.05. The first-order chi connectivity index (χ1) is 8.97. The lowest BCUT2D eigenvalue weighted by molar-refractivity contribution is 0.0693. The Hall–Kier alpha value is -2.02. The number of ether oxygens (including phenoxy) is 1. The van der Waals surface area contributed by atoms with Crippen molar-refractivity contribution >= 4 is 21.9 Å². The molecule has 0 atom stereocenters. The number of carboxylic acids is 1. The summed E-state index contributed by atoms with van der Waals surface area (Å²) in [5.74, 6) is -3.56. The van der Waals surface area contributed by atoms with Crippen molar-refractivity contribution in [2.24, 2.45) is 0 Å². The van der Waals surface area contributed by atoms with Gasteiger partial charge in [0.25, 0.3) is 0 Å². The van der Waals surface area contributed by atoms with Crippen molar-refractivity contribution in [3.63, 3.8) is 0 Å². The zero-order valence-electron chi connectivity index (χ0n) is 9.23. The third-order valence-corrected chi connectivity index (χ3v) is 2.58. The van der Waals surface area contributed by atoms with E-state index in [0.29, 0.717) is 10.5 Å². The lowest BCUT2D eigenvalue weighted by Crippen LogP contribution is -2.02. The highest BCUT2D eigenvalue weighted by Gasteiger charge is 2.16. The highest BCUT2D eigenvalue weighted by molar-refractivity contribution is 9.10. The third-order valence-electron chi connectivity index (χ3n) is 2.15. The zero-order chi connectivity index (χ0) is 14.0. The van der Waals surface area contributed by atoms with Gasteiger partial charge in [-0.2, -0.15) is 0 Å². The van der Waals surface area contributed by atoms with Crippen molar-refractivity contribution in [3.8, 4) is 11.6 Å². The molecule has 1 aromatic heterocycles. The standard InChI is InChI=1S/C12H6BrF2NO3/c13-6-3-8(12(17)18)11(16-5-6)19-10-2-1-7(14)4-9(10)15/h1-5H,(H,17,18). The summed E-state index contributed by atoms with van der Waals surface area (Å²) in [6.45, 7) is 0. The molecule has 0 bridgehead atoms. The Morgan fingerprint density at radius 3 is 2.68 bits per heavy atom. The van der Waals surface area contributed by atoms with Crippen LogP contribution in [-0.4, -0.2) is 16.1 Å². The van der Waals surface area contributed by atoms with Gasteiger partial charge in [-0.25, -0.2) is 18.6 Å². The molecule has 0 unspecified atom stereocenters. The van der Waals surface area contributed by atoms with Crippen LogP contribution in [0.1, 0.15) is 10.4 Å². The maximum Gasteiger partial charge on any atom is 0.341 e. The van der Waals surface area contributed by atoms with Gasteiger partial charge in [0.15, 0.2) is 11.6 Å². The highest BCUT2D eigenvalue weighted by atomic mass is 79.9. The second-order valence-electron chi connectivity index (χ2n) is 3.49. The van der Waals surface area contributed by atoms with Crippen LogP contribution in [0.2, 0.25) is 0 Å². The topological polar surface area (TPSA) is 59.4 Å². The quantitative estimate of drug-likeness (QED) is 0.934. The van der Waals surface area contributed by atoms with Crippen LogP contribution in [0.5, 0.6) is 11.6 Å². The summed E-state index contributed by atoms with van der Waals surface area (Å²) in [5, 5.41) is 8.99. The fourth-order valence-corrected chi connectivity index (χ4v) is 1.65. The molecule has 0 aliphatic carbocycles. The minimum Gasteiger partial charge on any atom is -0.477 e. The minimum atomic E-state index is -1.27. The second-order valence-corrected chi connectivity index (χ2v) is 4.40. The number of carboxylic acid groups (broad SMARTS) is 1. The summed E-state index contributed by atoms with van der Waals surface area (Å²) in [6, 6.07) is 3.96. The van der Waals surface area contributed by atoms with E-state index in [1.54, 1.807) is 0 Å². The molecule has 1 aromatic carbocycles. The molecule has 1 N–H and O–H groups in total. The molecule has 0 amide bonds. The van der Waals surface area contributed by atoms with E-state index >= 15 is 0 Å². The summed E-state index contributed by atoms with van der Waals surface area (Å²) in [4.78, 5) is 14.8. The van der Waals surface area contributed by atoms with Gasteiger partial charge in [-0.3, -0.25) is 0 Å². The summed E-state index contributed by atoms with van der Waals surface area (Å²) in [7, 11) is 0. The van der Waals surface area contributed by atoms with E-state index in [9.17, 15) is 13.6 Å². The average Bonchev–Trinajstić information content (AvgIpc) is 2.34. The Morgan fingerprint density at radius 2 is 2.05 bits per heavy atom. The predicted octanol–water partition coefficient (Wildman–Crippen LogP) is 3.61. The number of hydrogen-bond acceptors (Lipinski definition) is 3. The Labute approximate surface area is 114 Å². The predicted molar refractivity (Wildman–Crippen MR) is 65.3 cm³/mol. The van der Waals surface area contributed by atoms with E-state index in [-0.39, 0.29) is 17.2 Å². The number of pyridine rings is 1. The van der Waals surface area contributed by atoms with Crippen LogP contribution in [0, 0.1) is 11.6 Å². The molecule has 0 aliphatic heterocycles. The summed E-state index contributed by atoms with van der Waals surface area (Å²) >= 11 is 3.07. The first-order valence-corrected chi connectivity index (χ1v) is 5.78. The average molecular weight is 330 g/mol. The molecule has 1 heterocycles. The maximum absolute atomic E-state index is 13.4. The molecule has 0 radical (unpaired) electrons. The number of halogens is 3. The summed E-state index contributed by atoms with van der Waals surface area (Å²) < 4.78 is 31.6. The van der Waals surface area contributed by atoms with Crippen LogP contribution < -0.4 is 4.74 Å². The Kier molecular flexibility index (Phi) is 3.75. The number of aromatic nitrogens is 1. The fourth-order valence-electron chi connectivity index (χ4n) is 1.32. The van der Waals surface area contributed by atoms with Crippen LogP contribution in [0.4, 0.5) is 8.78 Å². The van der Waals surface area contributed by atoms with Crippen LogP contribution in [-0.2, 0) is 0 Å². The van der Waals surface area contributed by atoms with Gasteiger partial charge in [0.2, 0.25) is 5.88 Å². The first kappa shape index (κ1) is 13.4. The number of carbonyl (C=O) groups is 1. The van der Waals surface area contributed by atoms with Crippen LogP contribution in [0.25, 0.3) is 0 Å². The molecule has 4 nitrogen and oxygen atoms in total. The van der Waals surface area contributed by atoms with Gasteiger partial charge in [0, 0.05) is 16.7 Å². The molecule has 19 heavy (non-hydrogen) atoms. The van der Waals surface area contributed by atoms with E-state index < -0.39 is 17.6 Å². The van der Waals surface area contributed by atoms with Gasteiger partial charge >= 0.3 is 5.97 Å². The molecule has 2 aromatic rings. The van der Waals surface area contributed by atoms with Crippen LogP contribution >= 0.6 is 15.9 Å². The lowest BCUT2D eigenvalue weighted by Gasteiger charge is -2.08. The molecular formula is C12H6BrF2NO3. The number of benzene rings is 1. The van der Waals surface area contributed by atoms with Crippen molar-refractivity contribution in [1.82, 2.24) is 4.98 Å². The number of hydrogen-bond donors (Lipinski definition) is 1. The van der Waals surface area contributed by atoms with Crippen molar-refractivity contribution in [2.45, 2.75) is 0 Å². The number of aromatic carboxylic acids is 1. The van der Waals surface area contributed by atoms with Gasteiger partial charge in [0.1, 0.15) is 11.4 Å². The number of nitrogens with zero attached hydrogens (tertiary/aromatic N) is 1. The van der Waals surface area contributed by atoms with E-state index in [1.165, 1.54) is 12.3 Å². The van der Waals surface area contributed by atoms with Crippen molar-refractivity contribution in [2.75, 3.05) is 0 Å². The minimum absolute atomic E-state index is 0.238. The van der Waals surface area contributed by atoms with E-state index in [2.05, 4.69) is 20.9 Å². The largest absolute Gasteiger partial charge is 0.477 e. The molecule has 0 saturated heterocycles. The van der Waals surface area contributed by atoms with Crippen molar-refractivity contribution in [1.29, 1.82) is 0 Å². The number of rotatable bonds is 3. The normalized spacial score (nSPS) is 10.3. The Balaban J connectivity index is 2.40. The maximum atomic E-state index is 13.4. The fraction of sp³-hybridized carbons (Fsp3) is 0. The molecule has 2 rings (SSSR count). The molecule has 0 saturated carbocycles. The SMILES string of the molecule is O=C(O)c1cc(Br)cnc1Oc1ccc(F)cc1F. The van der Waals surface area contributed by atoms with E-state index in [1.807, 2.05) is 0 Å². The molecular weight excluding hydrogens is 324 g/mol. The van der Waals surface area contributed by atoms with Gasteiger partial charge in [-0.05, 0) is 34.1 Å². The monoisotopic (exact) mass is 329 g/mol. The van der Waals surface area contributed by atoms with Gasteiger partial charge in [-0.1, -0.05) is 0 Å². The van der Waals surface area contributed by atoms with Gasteiger partial charge in [-0.15, -0.1) is 0 Å². The van der Waals surface area contributed by atoms with Crippen molar-refractivity contribution in [3.05, 3.63) is 52.1 Å². The molecule has 0 spiro atoms. The van der Waals surface area contributed by atoms with Gasteiger partial charge < -0.3 is 9.84 Å². The first-order valence-electron chi connectivity index (χ1n) is 4.99. The molecule has 0 fully saturated rings. The second kappa shape index (κ2) is 5.31. The van der Waals surface area contributed by atoms with Crippen molar-refractivity contribution < 1.29 is 23.4 Å². The Bertz CT molecular complexity index is 649. The zero-order valence-corrected chi connectivity index (χ0v) is 10.8. The lowest BCUT2D eigenvalue weighted by atomic mass is 10.2.